The lowest BCUT2D eigenvalue weighted by atomic mass is 9.89. The maximum Gasteiger partial charge on any atom is 0.416 e. The van der Waals surface area contributed by atoms with Crippen molar-refractivity contribution in [1.29, 1.82) is 0 Å². The summed E-state index contributed by atoms with van der Waals surface area (Å²) in [7, 11) is 0. The minimum absolute atomic E-state index is 0.0848. The first kappa shape index (κ1) is 32.6. The Morgan fingerprint density at radius 1 is 1.21 bits per heavy atom. The summed E-state index contributed by atoms with van der Waals surface area (Å²) in [6, 6.07) is 3.59. The van der Waals surface area contributed by atoms with E-state index in [2.05, 4.69) is 11.6 Å². The highest BCUT2D eigenvalue weighted by Gasteiger charge is 2.46. The molecule has 1 saturated heterocycles. The number of alkyl halides is 3. The van der Waals surface area contributed by atoms with Crippen molar-refractivity contribution >= 4 is 23.8 Å². The summed E-state index contributed by atoms with van der Waals surface area (Å²) in [6.07, 6.45) is -1.55. The van der Waals surface area contributed by atoms with Gasteiger partial charge in [0.15, 0.2) is 0 Å². The zero-order valence-electron chi connectivity index (χ0n) is 22.7. The lowest BCUT2D eigenvalue weighted by molar-refractivity contribution is -0.389. The van der Waals surface area contributed by atoms with Gasteiger partial charge in [0.05, 0.1) is 24.2 Å². The Balaban J connectivity index is 0.000000557. The molecule has 14 nitrogen and oxygen atoms in total. The van der Waals surface area contributed by atoms with Gasteiger partial charge >= 0.3 is 36.0 Å². The predicted molar refractivity (Wildman–Crippen MR) is 141 cm³/mol. The van der Waals surface area contributed by atoms with Crippen LogP contribution in [0.1, 0.15) is 30.5 Å². The molecule has 232 valence electrons. The van der Waals surface area contributed by atoms with Crippen LogP contribution in [-0.2, 0) is 22.3 Å². The second kappa shape index (κ2) is 12.9. The molecule has 17 heteroatoms. The number of nitro groups is 1. The Labute approximate surface area is 242 Å². The van der Waals surface area contributed by atoms with E-state index >= 15 is 0 Å². The molecule has 0 bridgehead atoms. The zero-order valence-corrected chi connectivity index (χ0v) is 22.7. The van der Waals surface area contributed by atoms with Crippen LogP contribution in [0.5, 0.6) is 6.01 Å². The number of aromatic nitrogens is 2. The SMILES string of the molecule is C=CCC1C(c2cccc(C(F)(F)F)c2)N(CC2(C)Cn3cc([N+](=O)[O-])nc3O2)CCN1C(=O)O.O=C(O)C=CC(=O)O. The number of hydrogen-bond acceptors (Lipinski definition) is 8. The Kier molecular flexibility index (Phi) is 9.80. The number of carbonyl (C=O) groups is 3. The summed E-state index contributed by atoms with van der Waals surface area (Å²) in [5, 5.41) is 36.4. The second-order valence-electron chi connectivity index (χ2n) is 9.93. The van der Waals surface area contributed by atoms with Gasteiger partial charge in [-0.1, -0.05) is 18.2 Å². The summed E-state index contributed by atoms with van der Waals surface area (Å²) in [4.78, 5) is 48.4. The van der Waals surface area contributed by atoms with E-state index in [0.717, 1.165) is 12.1 Å². The molecule has 4 rings (SSSR count). The van der Waals surface area contributed by atoms with Gasteiger partial charge in [-0.05, 0) is 36.0 Å². The summed E-state index contributed by atoms with van der Waals surface area (Å²) in [6.45, 7) is 6.36. The number of nitrogens with zero attached hydrogens (tertiary/aromatic N) is 5. The minimum Gasteiger partial charge on any atom is -0.478 e. The van der Waals surface area contributed by atoms with Crippen LogP contribution in [0.15, 0.2) is 55.3 Å². The minimum atomic E-state index is -4.56. The molecule has 1 amide bonds. The molecular formula is C26H28F3N5O9. The summed E-state index contributed by atoms with van der Waals surface area (Å²) in [5.74, 6) is -2.86. The number of carboxylic acids is 2. The topological polar surface area (TPSA) is 189 Å². The number of aliphatic carboxylic acids is 2. The smallest absolute Gasteiger partial charge is 0.416 e. The highest BCUT2D eigenvalue weighted by molar-refractivity contribution is 5.89. The largest absolute Gasteiger partial charge is 0.478 e. The van der Waals surface area contributed by atoms with Crippen LogP contribution in [0.2, 0.25) is 0 Å². The number of halogens is 3. The van der Waals surface area contributed by atoms with Crippen LogP contribution in [0.25, 0.3) is 0 Å². The fourth-order valence-electron chi connectivity index (χ4n) is 5.06. The highest BCUT2D eigenvalue weighted by atomic mass is 19.4. The van der Waals surface area contributed by atoms with Gasteiger partial charge < -0.3 is 35.1 Å². The number of fused-ring (bicyclic) bond motifs is 1. The predicted octanol–water partition coefficient (Wildman–Crippen LogP) is 3.65. The van der Waals surface area contributed by atoms with E-state index in [1.165, 1.54) is 21.7 Å². The molecule has 0 spiro atoms. The van der Waals surface area contributed by atoms with Gasteiger partial charge in [0.2, 0.25) is 0 Å². The molecule has 3 unspecified atom stereocenters. The lowest BCUT2D eigenvalue weighted by Crippen LogP contribution is -2.59. The third-order valence-corrected chi connectivity index (χ3v) is 6.66. The molecule has 2 aromatic rings. The van der Waals surface area contributed by atoms with E-state index in [4.69, 9.17) is 14.9 Å². The van der Waals surface area contributed by atoms with Gasteiger partial charge in [-0.2, -0.15) is 13.2 Å². The van der Waals surface area contributed by atoms with Gasteiger partial charge in [0, 0.05) is 36.8 Å². The molecule has 43 heavy (non-hydrogen) atoms. The summed E-state index contributed by atoms with van der Waals surface area (Å²) >= 11 is 0. The van der Waals surface area contributed by atoms with Crippen molar-refractivity contribution in [2.75, 3.05) is 19.6 Å². The van der Waals surface area contributed by atoms with E-state index < -0.39 is 52.4 Å². The van der Waals surface area contributed by atoms with E-state index in [1.807, 2.05) is 4.90 Å². The average molecular weight is 612 g/mol. The van der Waals surface area contributed by atoms with Gasteiger partial charge in [-0.3, -0.25) is 9.47 Å². The van der Waals surface area contributed by atoms with E-state index in [9.17, 15) is 42.8 Å². The zero-order chi connectivity index (χ0) is 32.1. The summed E-state index contributed by atoms with van der Waals surface area (Å²) < 4.78 is 47.8. The molecule has 1 aromatic carbocycles. The highest BCUT2D eigenvalue weighted by Crippen LogP contribution is 2.39. The quantitative estimate of drug-likeness (QED) is 0.171. The van der Waals surface area contributed by atoms with Crippen molar-refractivity contribution in [3.05, 3.63) is 76.5 Å². The Morgan fingerprint density at radius 2 is 1.86 bits per heavy atom. The first-order chi connectivity index (χ1) is 20.0. The van der Waals surface area contributed by atoms with Crippen LogP contribution in [-0.4, -0.2) is 88.9 Å². The molecule has 3 atom stereocenters. The molecule has 3 heterocycles. The molecule has 2 aliphatic rings. The third-order valence-electron chi connectivity index (χ3n) is 6.66. The molecule has 2 aliphatic heterocycles. The van der Waals surface area contributed by atoms with Crippen LogP contribution in [0.4, 0.5) is 23.8 Å². The number of benzene rings is 1. The Bertz CT molecular complexity index is 1390. The number of rotatable bonds is 8. The number of imidazole rings is 1. The van der Waals surface area contributed by atoms with E-state index in [-0.39, 0.29) is 44.4 Å². The van der Waals surface area contributed by atoms with Gasteiger partial charge in [0.25, 0.3) is 0 Å². The summed E-state index contributed by atoms with van der Waals surface area (Å²) in [5.41, 5.74) is -1.38. The number of amides is 1. The number of piperazine rings is 1. The van der Waals surface area contributed by atoms with E-state index in [1.54, 1.807) is 19.1 Å². The number of carboxylic acid groups (broad SMARTS) is 3. The van der Waals surface area contributed by atoms with E-state index in [0.29, 0.717) is 17.7 Å². The average Bonchev–Trinajstić information content (AvgIpc) is 3.43. The molecule has 1 fully saturated rings. The molecule has 3 N–H and O–H groups in total. The van der Waals surface area contributed by atoms with Crippen molar-refractivity contribution in [2.24, 2.45) is 0 Å². The standard InChI is InChI=1S/C22H24F3N5O5.C4H4O4/c1-3-5-16-18(14-6-4-7-15(10-14)22(23,24)25)27(8-9-29(16)20(31)32)12-21(2)13-28-11-17(30(33)34)26-19(28)35-21;5-3(6)1-2-4(7)8/h3-4,6-7,10-11,16,18H,1,5,8-9,12-13H2,2H3,(H,31,32);1-2H,(H,5,6)(H,7,8). The first-order valence-corrected chi connectivity index (χ1v) is 12.6. The van der Waals surface area contributed by atoms with Crippen LogP contribution >= 0.6 is 0 Å². The van der Waals surface area contributed by atoms with Crippen molar-refractivity contribution in [2.45, 2.75) is 43.8 Å². The molecule has 0 aliphatic carbocycles. The third kappa shape index (κ3) is 8.09. The Hall–Kier alpha value is -4.93. The van der Waals surface area contributed by atoms with Gasteiger partial charge in [-0.15, -0.1) is 6.58 Å². The van der Waals surface area contributed by atoms with Gasteiger partial charge in [-0.25, -0.2) is 14.4 Å². The van der Waals surface area contributed by atoms with Crippen molar-refractivity contribution in [3.63, 3.8) is 0 Å². The van der Waals surface area contributed by atoms with Gasteiger partial charge in [0.1, 0.15) is 11.8 Å². The lowest BCUT2D eigenvalue weighted by Gasteiger charge is -2.48. The molecular weight excluding hydrogens is 583 g/mol. The van der Waals surface area contributed by atoms with Crippen molar-refractivity contribution < 1.29 is 52.5 Å². The number of ether oxygens (including phenoxy) is 1. The Morgan fingerprint density at radius 3 is 2.37 bits per heavy atom. The monoisotopic (exact) mass is 611 g/mol. The fraction of sp³-hybridized carbons (Fsp3) is 0.385. The van der Waals surface area contributed by atoms with Crippen LogP contribution in [0, 0.1) is 10.1 Å². The first-order valence-electron chi connectivity index (χ1n) is 12.6. The van der Waals surface area contributed by atoms with Crippen molar-refractivity contribution in [3.8, 4) is 6.01 Å². The maximum absolute atomic E-state index is 13.5. The molecule has 0 saturated carbocycles. The number of hydrogen-bond donors (Lipinski definition) is 3. The van der Waals surface area contributed by atoms with Crippen molar-refractivity contribution in [1.82, 2.24) is 19.4 Å². The normalized spacial score (nSPS) is 21.8. The second-order valence-corrected chi connectivity index (χ2v) is 9.93. The fourth-order valence-corrected chi connectivity index (χ4v) is 5.06. The van der Waals surface area contributed by atoms with Crippen LogP contribution in [0.3, 0.4) is 0 Å². The maximum atomic E-state index is 13.5. The van der Waals surface area contributed by atoms with Crippen LogP contribution < -0.4 is 4.74 Å². The molecule has 1 aromatic heterocycles. The molecule has 0 radical (unpaired) electrons.